The van der Waals surface area contributed by atoms with Crippen LogP contribution in [0.15, 0.2) is 46.5 Å². The molecule has 0 aliphatic rings. The van der Waals surface area contributed by atoms with Crippen LogP contribution in [-0.2, 0) is 0 Å². The van der Waals surface area contributed by atoms with Gasteiger partial charge in [-0.3, -0.25) is 0 Å². The third-order valence-electron chi connectivity index (χ3n) is 2.63. The summed E-state index contributed by atoms with van der Waals surface area (Å²) < 4.78 is 0.993. The van der Waals surface area contributed by atoms with Crippen LogP contribution in [0.3, 0.4) is 0 Å². The van der Waals surface area contributed by atoms with Crippen molar-refractivity contribution in [2.45, 2.75) is 13.0 Å². The molecule has 1 unspecified atom stereocenters. The maximum Gasteiger partial charge on any atom is 0.0582 e. The first kappa shape index (κ1) is 15.8. The Morgan fingerprint density at radius 1 is 1.50 bits per heavy atom. The zero-order valence-electron chi connectivity index (χ0n) is 10.4. The Balaban J connectivity index is 3.12. The van der Waals surface area contributed by atoms with Crippen LogP contribution in [0.5, 0.6) is 0 Å². The molecule has 1 aromatic rings. The molecule has 0 amide bonds. The molecule has 1 nitrogen and oxygen atoms in total. The Bertz CT molecular complexity index is 455. The SMILES string of the molecule is C/C=C(\C=C/CCl)C(NC)c1ccc(Cl)cc1Br. The third-order valence-corrected chi connectivity index (χ3v) is 3.73. The Kier molecular flexibility index (Phi) is 7.02. The van der Waals surface area contributed by atoms with Gasteiger partial charge in [-0.2, -0.15) is 0 Å². The Hall–Kier alpha value is -0.280. The van der Waals surface area contributed by atoms with E-state index in [1.54, 1.807) is 0 Å². The van der Waals surface area contributed by atoms with E-state index >= 15 is 0 Å². The number of benzene rings is 1. The summed E-state index contributed by atoms with van der Waals surface area (Å²) in [6, 6.07) is 5.93. The van der Waals surface area contributed by atoms with Gasteiger partial charge in [0.15, 0.2) is 0 Å². The molecule has 18 heavy (non-hydrogen) atoms. The molecular weight excluding hydrogens is 333 g/mol. The third kappa shape index (κ3) is 4.13. The van der Waals surface area contributed by atoms with Crippen LogP contribution in [0.2, 0.25) is 5.02 Å². The largest absolute Gasteiger partial charge is 0.309 e. The molecule has 0 spiro atoms. The van der Waals surface area contributed by atoms with Gasteiger partial charge in [-0.15, -0.1) is 11.6 Å². The van der Waals surface area contributed by atoms with Gasteiger partial charge in [-0.25, -0.2) is 0 Å². The van der Waals surface area contributed by atoms with Crippen LogP contribution >= 0.6 is 39.1 Å². The van der Waals surface area contributed by atoms with E-state index in [-0.39, 0.29) is 6.04 Å². The summed E-state index contributed by atoms with van der Waals surface area (Å²) >= 11 is 15.2. The molecule has 1 rings (SSSR count). The van der Waals surface area contributed by atoms with Crippen molar-refractivity contribution >= 4 is 39.1 Å². The Morgan fingerprint density at radius 2 is 2.22 bits per heavy atom. The molecular formula is C14H16BrCl2N. The van der Waals surface area contributed by atoms with Crippen molar-refractivity contribution in [1.29, 1.82) is 0 Å². The molecule has 0 bridgehead atoms. The number of alkyl halides is 1. The van der Waals surface area contributed by atoms with Gasteiger partial charge in [0.2, 0.25) is 0 Å². The molecule has 4 heteroatoms. The second kappa shape index (κ2) is 8.00. The lowest BCUT2D eigenvalue weighted by molar-refractivity contribution is 0.686. The van der Waals surface area contributed by atoms with Gasteiger partial charge < -0.3 is 5.32 Å². The average Bonchev–Trinajstić information content (AvgIpc) is 2.36. The lowest BCUT2D eigenvalue weighted by Crippen LogP contribution is -2.18. The number of hydrogen-bond donors (Lipinski definition) is 1. The molecule has 1 aromatic carbocycles. The lowest BCUT2D eigenvalue weighted by Gasteiger charge is -2.19. The highest BCUT2D eigenvalue weighted by Gasteiger charge is 2.15. The highest BCUT2D eigenvalue weighted by molar-refractivity contribution is 9.10. The normalized spacial score (nSPS) is 14.2. The van der Waals surface area contributed by atoms with E-state index < -0.39 is 0 Å². The van der Waals surface area contributed by atoms with Gasteiger partial charge in [-0.1, -0.05) is 51.8 Å². The van der Waals surface area contributed by atoms with Crippen molar-refractivity contribution in [2.24, 2.45) is 0 Å². The monoisotopic (exact) mass is 347 g/mol. The minimum atomic E-state index is 0.112. The maximum atomic E-state index is 5.97. The molecule has 1 N–H and O–H groups in total. The Labute approximate surface area is 127 Å². The smallest absolute Gasteiger partial charge is 0.0582 e. The predicted molar refractivity (Wildman–Crippen MR) is 84.6 cm³/mol. The van der Waals surface area contributed by atoms with Gasteiger partial charge in [0.25, 0.3) is 0 Å². The van der Waals surface area contributed by atoms with Crippen molar-refractivity contribution in [3.05, 3.63) is 57.1 Å². The highest BCUT2D eigenvalue weighted by atomic mass is 79.9. The van der Waals surface area contributed by atoms with Gasteiger partial charge in [-0.05, 0) is 37.2 Å². The van der Waals surface area contributed by atoms with Crippen molar-refractivity contribution < 1.29 is 0 Å². The first-order chi connectivity index (χ1) is 8.63. The second-order valence-electron chi connectivity index (χ2n) is 3.73. The topological polar surface area (TPSA) is 12.0 Å². The predicted octanol–water partition coefficient (Wildman–Crippen LogP) is 5.10. The summed E-state index contributed by atoms with van der Waals surface area (Å²) in [6.45, 7) is 2.02. The van der Waals surface area contributed by atoms with Crippen molar-refractivity contribution in [1.82, 2.24) is 5.32 Å². The molecule has 0 aromatic heterocycles. The van der Waals surface area contributed by atoms with E-state index in [2.05, 4.69) is 27.3 Å². The lowest BCUT2D eigenvalue weighted by atomic mass is 9.98. The van der Waals surface area contributed by atoms with Gasteiger partial charge in [0.05, 0.1) is 6.04 Å². The number of nitrogens with one attached hydrogen (secondary N) is 1. The molecule has 0 aliphatic carbocycles. The zero-order valence-corrected chi connectivity index (χ0v) is 13.5. The number of halogens is 3. The van der Waals surface area contributed by atoms with Crippen molar-refractivity contribution in [3.8, 4) is 0 Å². The van der Waals surface area contributed by atoms with Gasteiger partial charge in [0, 0.05) is 15.4 Å². The summed E-state index contributed by atoms with van der Waals surface area (Å²) in [5.41, 5.74) is 2.32. The van der Waals surface area contributed by atoms with E-state index in [1.165, 1.54) is 5.57 Å². The van der Waals surface area contributed by atoms with Crippen LogP contribution in [0.25, 0.3) is 0 Å². The fraction of sp³-hybridized carbons (Fsp3) is 0.286. The zero-order chi connectivity index (χ0) is 13.5. The molecule has 0 fully saturated rings. The summed E-state index contributed by atoms with van der Waals surface area (Å²) in [5.74, 6) is 0.509. The first-order valence-corrected chi connectivity index (χ1v) is 7.35. The summed E-state index contributed by atoms with van der Waals surface area (Å²) in [4.78, 5) is 0. The van der Waals surface area contributed by atoms with Gasteiger partial charge in [0.1, 0.15) is 0 Å². The summed E-state index contributed by atoms with van der Waals surface area (Å²) in [5, 5.41) is 4.02. The van der Waals surface area contributed by atoms with Crippen LogP contribution in [0.1, 0.15) is 18.5 Å². The number of rotatable bonds is 5. The van der Waals surface area contributed by atoms with Crippen molar-refractivity contribution in [3.63, 3.8) is 0 Å². The summed E-state index contributed by atoms with van der Waals surface area (Å²) in [6.07, 6.45) is 6.05. The van der Waals surface area contributed by atoms with Crippen LogP contribution < -0.4 is 5.32 Å². The van der Waals surface area contributed by atoms with E-state index in [0.717, 1.165) is 15.1 Å². The first-order valence-electron chi connectivity index (χ1n) is 5.65. The van der Waals surface area contributed by atoms with E-state index in [0.29, 0.717) is 5.88 Å². The minimum absolute atomic E-state index is 0.112. The van der Waals surface area contributed by atoms with Crippen LogP contribution in [0, 0.1) is 0 Å². The second-order valence-corrected chi connectivity index (χ2v) is 5.33. The summed E-state index contributed by atoms with van der Waals surface area (Å²) in [7, 11) is 1.93. The fourth-order valence-electron chi connectivity index (χ4n) is 1.78. The number of allylic oxidation sites excluding steroid dienone is 2. The molecule has 1 atom stereocenters. The van der Waals surface area contributed by atoms with E-state index in [1.807, 2.05) is 44.3 Å². The molecule has 0 radical (unpaired) electrons. The molecule has 0 heterocycles. The number of hydrogen-bond acceptors (Lipinski definition) is 1. The molecule has 0 aliphatic heterocycles. The quantitative estimate of drug-likeness (QED) is 0.576. The molecule has 0 saturated carbocycles. The van der Waals surface area contributed by atoms with Crippen molar-refractivity contribution in [2.75, 3.05) is 12.9 Å². The molecule has 98 valence electrons. The standard InChI is InChI=1S/C14H16BrCl2N/c1-3-10(5-4-8-16)14(18-2)12-7-6-11(17)9-13(12)15/h3-7,9,14,18H,8H2,1-2H3/b5-4-,10-3+. The maximum absolute atomic E-state index is 5.97. The Morgan fingerprint density at radius 3 is 2.72 bits per heavy atom. The fourth-order valence-corrected chi connectivity index (χ4v) is 2.78. The van der Waals surface area contributed by atoms with Crippen LogP contribution in [-0.4, -0.2) is 12.9 Å². The van der Waals surface area contributed by atoms with Crippen LogP contribution in [0.4, 0.5) is 0 Å². The minimum Gasteiger partial charge on any atom is -0.309 e. The average molecular weight is 349 g/mol. The highest BCUT2D eigenvalue weighted by Crippen LogP contribution is 2.31. The van der Waals surface area contributed by atoms with E-state index in [4.69, 9.17) is 23.2 Å². The van der Waals surface area contributed by atoms with Gasteiger partial charge >= 0.3 is 0 Å². The molecule has 0 saturated heterocycles. The number of likely N-dealkylation sites (N-methyl/N-ethyl adjacent to an activating group) is 1. The van der Waals surface area contributed by atoms with E-state index in [9.17, 15) is 0 Å².